The second kappa shape index (κ2) is 12.9. The fourth-order valence-corrected chi connectivity index (χ4v) is 4.58. The zero-order chi connectivity index (χ0) is 28.8. The molecule has 11 heteroatoms. The third kappa shape index (κ3) is 6.97. The molecule has 0 radical (unpaired) electrons. The topological polar surface area (TPSA) is 116 Å². The van der Waals surface area contributed by atoms with Gasteiger partial charge < -0.3 is 20.0 Å². The molecule has 2 heterocycles. The first-order chi connectivity index (χ1) is 19.2. The molecule has 0 saturated carbocycles. The predicted molar refractivity (Wildman–Crippen MR) is 153 cm³/mol. The summed E-state index contributed by atoms with van der Waals surface area (Å²) in [6.07, 6.45) is 0. The van der Waals surface area contributed by atoms with E-state index in [2.05, 4.69) is 27.9 Å². The minimum absolute atomic E-state index is 0.00543. The highest BCUT2D eigenvalue weighted by Crippen LogP contribution is 2.24. The lowest BCUT2D eigenvalue weighted by Gasteiger charge is -2.31. The molecule has 4 rings (SSSR count). The first-order valence-corrected chi connectivity index (χ1v) is 13.7. The second-order valence-corrected chi connectivity index (χ2v) is 10.3. The maximum Gasteiger partial charge on any atom is 0.437 e. The van der Waals surface area contributed by atoms with Crippen molar-refractivity contribution < 1.29 is 14.0 Å². The molecule has 0 saturated heterocycles. The van der Waals surface area contributed by atoms with Crippen LogP contribution >= 0.6 is 0 Å². The number of anilines is 1. The lowest BCUT2D eigenvalue weighted by atomic mass is 10.1. The number of nitrogens with one attached hydrogen (secondary N) is 2. The van der Waals surface area contributed by atoms with Crippen molar-refractivity contribution >= 4 is 17.5 Å². The molecule has 1 aliphatic rings. The van der Waals surface area contributed by atoms with Gasteiger partial charge >= 0.3 is 5.76 Å². The van der Waals surface area contributed by atoms with Crippen LogP contribution in [0.5, 0.6) is 0 Å². The number of benzene rings is 2. The number of amides is 2. The predicted octanol–water partition coefficient (Wildman–Crippen LogP) is 2.46. The molecule has 2 amide bonds. The normalized spacial score (nSPS) is 12.9. The van der Waals surface area contributed by atoms with Gasteiger partial charge in [0, 0.05) is 57.1 Å². The van der Waals surface area contributed by atoms with E-state index in [1.54, 1.807) is 17.0 Å². The van der Waals surface area contributed by atoms with E-state index < -0.39 is 5.76 Å². The molecular weight excluding hydrogens is 510 g/mol. The van der Waals surface area contributed by atoms with Crippen molar-refractivity contribution in [3.05, 3.63) is 69.7 Å². The van der Waals surface area contributed by atoms with Gasteiger partial charge in [-0.25, -0.2) is 9.80 Å². The van der Waals surface area contributed by atoms with Crippen LogP contribution in [0.2, 0.25) is 0 Å². The largest absolute Gasteiger partial charge is 0.437 e. The van der Waals surface area contributed by atoms with Gasteiger partial charge in [0.25, 0.3) is 5.91 Å². The van der Waals surface area contributed by atoms with Crippen molar-refractivity contribution in [2.45, 2.75) is 53.4 Å². The van der Waals surface area contributed by atoms with Crippen LogP contribution in [0.3, 0.4) is 0 Å². The second-order valence-electron chi connectivity index (χ2n) is 10.3. The van der Waals surface area contributed by atoms with E-state index in [1.807, 2.05) is 63.0 Å². The molecule has 0 spiro atoms. The highest BCUT2D eigenvalue weighted by Gasteiger charge is 2.27. The van der Waals surface area contributed by atoms with E-state index in [-0.39, 0.29) is 36.8 Å². The Balaban J connectivity index is 1.42. The molecule has 40 heavy (non-hydrogen) atoms. The zero-order valence-electron chi connectivity index (χ0n) is 23.9. The summed E-state index contributed by atoms with van der Waals surface area (Å²) in [7, 11) is 1.76. The van der Waals surface area contributed by atoms with Gasteiger partial charge in [0.15, 0.2) is 0 Å². The van der Waals surface area contributed by atoms with Crippen LogP contribution in [-0.4, -0.2) is 75.8 Å². The monoisotopic (exact) mass is 549 g/mol. The Morgan fingerprint density at radius 3 is 2.42 bits per heavy atom. The van der Waals surface area contributed by atoms with Gasteiger partial charge in [-0.1, -0.05) is 44.2 Å². The van der Waals surface area contributed by atoms with Crippen LogP contribution in [0, 0.1) is 6.92 Å². The number of hydrogen-bond acceptors (Lipinski definition) is 8. The lowest BCUT2D eigenvalue weighted by molar-refractivity contribution is -0.151. The third-order valence-electron chi connectivity index (χ3n) is 7.04. The van der Waals surface area contributed by atoms with E-state index in [4.69, 9.17) is 4.42 Å². The lowest BCUT2D eigenvalue weighted by Crippen LogP contribution is -2.49. The van der Waals surface area contributed by atoms with E-state index in [1.165, 1.54) is 15.8 Å². The van der Waals surface area contributed by atoms with Crippen LogP contribution < -0.4 is 16.4 Å². The van der Waals surface area contributed by atoms with E-state index in [0.29, 0.717) is 38.3 Å². The molecule has 0 aliphatic carbocycles. The highest BCUT2D eigenvalue weighted by atomic mass is 16.4. The summed E-state index contributed by atoms with van der Waals surface area (Å²) in [5, 5.41) is 14.4. The van der Waals surface area contributed by atoms with Crippen molar-refractivity contribution in [1.82, 2.24) is 30.0 Å². The molecule has 1 aliphatic heterocycles. The van der Waals surface area contributed by atoms with E-state index in [0.717, 1.165) is 11.3 Å². The average molecular weight is 550 g/mol. The van der Waals surface area contributed by atoms with Crippen LogP contribution in [0.25, 0.3) is 11.5 Å². The zero-order valence-corrected chi connectivity index (χ0v) is 23.9. The first-order valence-electron chi connectivity index (χ1n) is 13.7. The smallest absolute Gasteiger partial charge is 0.388 e. The Kier molecular flexibility index (Phi) is 9.38. The number of fused-ring (bicyclic) bond motifs is 1. The van der Waals surface area contributed by atoms with Crippen LogP contribution in [-0.2, 0) is 29.2 Å². The number of aryl methyl sites for hydroxylation is 2. The third-order valence-corrected chi connectivity index (χ3v) is 7.04. The van der Waals surface area contributed by atoms with Gasteiger partial charge in [-0.15, -0.1) is 5.10 Å². The number of carbonyl (C=O) groups excluding carboxylic acids is 2. The number of nitrogens with zero attached hydrogens (tertiary/aromatic N) is 5. The van der Waals surface area contributed by atoms with Crippen molar-refractivity contribution in [3.8, 4) is 11.5 Å². The summed E-state index contributed by atoms with van der Waals surface area (Å²) in [6.45, 7) is 10.5. The number of rotatable bonds is 12. The molecule has 2 N–H and O–H groups in total. The Morgan fingerprint density at radius 2 is 1.80 bits per heavy atom. The molecule has 0 atom stereocenters. The molecule has 0 unspecified atom stereocenters. The van der Waals surface area contributed by atoms with Crippen molar-refractivity contribution in [3.63, 3.8) is 0 Å². The molecule has 11 nitrogen and oxygen atoms in total. The molecule has 214 valence electrons. The van der Waals surface area contributed by atoms with Crippen molar-refractivity contribution in [1.29, 1.82) is 0 Å². The standard InChI is InChI=1S/C29H39N7O4/c1-6-36-29(39)40-28(32-36)22-12-11-21(4)25(15-22)31-16-26(37)34(14-13-30-20(2)3)19-27(38)33(5)35-17-23-9-7-8-10-24(23)18-35/h7-12,15,20,30-31H,6,13-14,16-19H2,1-5H3. The van der Waals surface area contributed by atoms with Gasteiger partial charge in [0.1, 0.15) is 6.54 Å². The Morgan fingerprint density at radius 1 is 1.10 bits per heavy atom. The Hall–Kier alpha value is -3.96. The molecule has 0 bridgehead atoms. The summed E-state index contributed by atoms with van der Waals surface area (Å²) in [6, 6.07) is 13.9. The molecule has 0 fully saturated rings. The average Bonchev–Trinajstić information content (AvgIpc) is 3.54. The molecule has 3 aromatic rings. The van der Waals surface area contributed by atoms with Gasteiger partial charge in [-0.3, -0.25) is 14.6 Å². The minimum atomic E-state index is -0.513. The number of hydrogen-bond donors (Lipinski definition) is 2. The van der Waals surface area contributed by atoms with Crippen LogP contribution in [0.15, 0.2) is 51.7 Å². The van der Waals surface area contributed by atoms with Crippen LogP contribution in [0.4, 0.5) is 5.69 Å². The van der Waals surface area contributed by atoms with Gasteiger partial charge in [-0.2, -0.15) is 4.68 Å². The Labute approximate surface area is 234 Å². The summed E-state index contributed by atoms with van der Waals surface area (Å²) in [5.41, 5.74) is 4.69. The van der Waals surface area contributed by atoms with Gasteiger partial charge in [-0.05, 0) is 42.7 Å². The van der Waals surface area contributed by atoms with Crippen molar-refractivity contribution in [2.75, 3.05) is 38.5 Å². The number of aromatic nitrogens is 2. The Bertz CT molecular complexity index is 1370. The number of carbonyl (C=O) groups is 2. The van der Waals surface area contributed by atoms with E-state index in [9.17, 15) is 14.4 Å². The number of hydrazine groups is 1. The summed E-state index contributed by atoms with van der Waals surface area (Å²) < 4.78 is 6.54. The fraction of sp³-hybridized carbons (Fsp3) is 0.448. The van der Waals surface area contributed by atoms with Gasteiger partial charge in [0.2, 0.25) is 11.8 Å². The number of likely N-dealkylation sites (N-methyl/N-ethyl adjacent to an activating group) is 1. The van der Waals surface area contributed by atoms with Crippen LogP contribution in [0.1, 0.15) is 37.5 Å². The molecular formula is C29H39N7O4. The minimum Gasteiger partial charge on any atom is -0.388 e. The highest BCUT2D eigenvalue weighted by molar-refractivity contribution is 5.87. The quantitative estimate of drug-likeness (QED) is 0.354. The summed E-state index contributed by atoms with van der Waals surface area (Å²) >= 11 is 0. The van der Waals surface area contributed by atoms with E-state index >= 15 is 0 Å². The summed E-state index contributed by atoms with van der Waals surface area (Å²) in [5.74, 6) is -0.629. The van der Waals surface area contributed by atoms with Gasteiger partial charge in [0.05, 0.1) is 6.54 Å². The molecule has 1 aromatic heterocycles. The summed E-state index contributed by atoms with van der Waals surface area (Å²) in [4.78, 5) is 40.2. The maximum absolute atomic E-state index is 13.4. The van der Waals surface area contributed by atoms with Crippen molar-refractivity contribution in [2.24, 2.45) is 0 Å². The maximum atomic E-state index is 13.4. The first kappa shape index (κ1) is 29.0. The fourth-order valence-electron chi connectivity index (χ4n) is 4.58. The molecule has 2 aromatic carbocycles. The SMILES string of the molecule is CCn1nc(-c2ccc(C)c(NCC(=O)N(CCNC(C)C)CC(=O)N(C)N3Cc4ccccc4C3)c2)oc1=O.